The topological polar surface area (TPSA) is 51.8 Å². The van der Waals surface area contributed by atoms with Crippen LogP contribution in [0.3, 0.4) is 0 Å². The number of pyridine rings is 1. The van der Waals surface area contributed by atoms with Crippen LogP contribution >= 0.6 is 11.8 Å². The smallest absolute Gasteiger partial charge is 0.277 e. The van der Waals surface area contributed by atoms with Gasteiger partial charge in [-0.1, -0.05) is 54.2 Å². The SMILES string of the molecule is C(=C/c1ccccc1)/CSc1nnc(-c2ccncc2)o1. The van der Waals surface area contributed by atoms with Crippen molar-refractivity contribution in [3.05, 3.63) is 66.5 Å². The quantitative estimate of drug-likeness (QED) is 0.667. The molecule has 0 N–H and O–H groups in total. The zero-order chi connectivity index (χ0) is 14.3. The third-order valence-electron chi connectivity index (χ3n) is 2.75. The molecule has 0 bridgehead atoms. The van der Waals surface area contributed by atoms with Crippen LogP contribution in [-0.4, -0.2) is 20.9 Å². The summed E-state index contributed by atoms with van der Waals surface area (Å²) in [6.45, 7) is 0. The number of hydrogen-bond acceptors (Lipinski definition) is 5. The van der Waals surface area contributed by atoms with Crippen molar-refractivity contribution in [1.29, 1.82) is 0 Å². The highest BCUT2D eigenvalue weighted by molar-refractivity contribution is 7.99. The van der Waals surface area contributed by atoms with Gasteiger partial charge in [0.15, 0.2) is 0 Å². The molecule has 0 atom stereocenters. The molecule has 3 rings (SSSR count). The Morgan fingerprint density at radius 3 is 2.62 bits per heavy atom. The highest BCUT2D eigenvalue weighted by atomic mass is 32.2. The average molecular weight is 295 g/mol. The lowest BCUT2D eigenvalue weighted by Gasteiger charge is -1.93. The molecule has 104 valence electrons. The second kappa shape index (κ2) is 6.85. The van der Waals surface area contributed by atoms with Gasteiger partial charge in [-0.05, 0) is 17.7 Å². The number of nitrogens with zero attached hydrogens (tertiary/aromatic N) is 3. The van der Waals surface area contributed by atoms with Gasteiger partial charge in [-0.3, -0.25) is 4.98 Å². The fraction of sp³-hybridized carbons (Fsp3) is 0.0625. The number of rotatable bonds is 5. The van der Waals surface area contributed by atoms with Crippen LogP contribution in [0.25, 0.3) is 17.5 Å². The van der Waals surface area contributed by atoms with Crippen LogP contribution in [-0.2, 0) is 0 Å². The Hall–Kier alpha value is -2.40. The minimum absolute atomic E-state index is 0.520. The van der Waals surface area contributed by atoms with Crippen molar-refractivity contribution < 1.29 is 4.42 Å². The Kier molecular flexibility index (Phi) is 4.43. The predicted molar refractivity (Wildman–Crippen MR) is 83.7 cm³/mol. The Morgan fingerprint density at radius 1 is 1.00 bits per heavy atom. The van der Waals surface area contributed by atoms with Crippen LogP contribution < -0.4 is 0 Å². The summed E-state index contributed by atoms with van der Waals surface area (Å²) in [4.78, 5) is 3.96. The van der Waals surface area contributed by atoms with Crippen LogP contribution in [0.4, 0.5) is 0 Å². The lowest BCUT2D eigenvalue weighted by atomic mass is 10.2. The minimum atomic E-state index is 0.520. The molecular formula is C16H13N3OS. The molecule has 0 amide bonds. The molecule has 4 nitrogen and oxygen atoms in total. The van der Waals surface area contributed by atoms with Crippen molar-refractivity contribution >= 4 is 17.8 Å². The minimum Gasteiger partial charge on any atom is -0.411 e. The highest BCUT2D eigenvalue weighted by Gasteiger charge is 2.07. The first kappa shape index (κ1) is 13.6. The van der Waals surface area contributed by atoms with Crippen LogP contribution in [0.15, 0.2) is 70.6 Å². The van der Waals surface area contributed by atoms with Gasteiger partial charge in [0, 0.05) is 23.7 Å². The summed E-state index contributed by atoms with van der Waals surface area (Å²) in [6.07, 6.45) is 7.56. The van der Waals surface area contributed by atoms with Gasteiger partial charge in [-0.25, -0.2) is 0 Å². The Balaban J connectivity index is 1.57. The van der Waals surface area contributed by atoms with Crippen LogP contribution in [0, 0.1) is 0 Å². The molecule has 21 heavy (non-hydrogen) atoms. The lowest BCUT2D eigenvalue weighted by Crippen LogP contribution is -1.77. The lowest BCUT2D eigenvalue weighted by molar-refractivity contribution is 0.466. The summed E-state index contributed by atoms with van der Waals surface area (Å²) in [5, 5.41) is 8.63. The molecular weight excluding hydrogens is 282 g/mol. The van der Waals surface area contributed by atoms with Crippen molar-refractivity contribution in [2.24, 2.45) is 0 Å². The highest BCUT2D eigenvalue weighted by Crippen LogP contribution is 2.22. The van der Waals surface area contributed by atoms with E-state index in [2.05, 4.69) is 39.5 Å². The molecule has 0 spiro atoms. The van der Waals surface area contributed by atoms with E-state index in [0.717, 1.165) is 11.3 Å². The molecule has 0 aliphatic rings. The van der Waals surface area contributed by atoms with Gasteiger partial charge in [-0.15, -0.1) is 10.2 Å². The third kappa shape index (κ3) is 3.79. The van der Waals surface area contributed by atoms with Gasteiger partial charge in [0.05, 0.1) is 0 Å². The van der Waals surface area contributed by atoms with Crippen LogP contribution in [0.5, 0.6) is 0 Å². The van der Waals surface area contributed by atoms with Gasteiger partial charge in [0.1, 0.15) is 0 Å². The summed E-state index contributed by atoms with van der Waals surface area (Å²) >= 11 is 1.51. The average Bonchev–Trinajstić information content (AvgIpc) is 3.02. The molecule has 2 aromatic heterocycles. The van der Waals surface area contributed by atoms with E-state index in [1.807, 2.05) is 30.3 Å². The molecule has 0 radical (unpaired) electrons. The fourth-order valence-corrected chi connectivity index (χ4v) is 2.32. The van der Waals surface area contributed by atoms with Gasteiger partial charge in [-0.2, -0.15) is 0 Å². The molecule has 0 saturated carbocycles. The standard InChI is InChI=1S/C16H13N3OS/c1-2-5-13(6-3-1)7-4-12-21-16-19-18-15(20-16)14-8-10-17-11-9-14/h1-11H,12H2/b7-4-. The van der Waals surface area contributed by atoms with E-state index in [0.29, 0.717) is 11.1 Å². The molecule has 1 aromatic carbocycles. The first-order valence-electron chi connectivity index (χ1n) is 6.50. The van der Waals surface area contributed by atoms with Crippen LogP contribution in [0.1, 0.15) is 5.56 Å². The third-order valence-corrected chi connectivity index (χ3v) is 3.52. The molecule has 0 fully saturated rings. The van der Waals surface area contributed by atoms with Gasteiger partial charge < -0.3 is 4.42 Å². The number of hydrogen-bond donors (Lipinski definition) is 0. The number of aromatic nitrogens is 3. The zero-order valence-electron chi connectivity index (χ0n) is 11.2. The summed E-state index contributed by atoms with van der Waals surface area (Å²) in [5.74, 6) is 1.30. The van der Waals surface area contributed by atoms with E-state index in [1.54, 1.807) is 12.4 Å². The summed E-state index contributed by atoms with van der Waals surface area (Å²) in [6, 6.07) is 13.9. The molecule has 3 aromatic rings. The summed E-state index contributed by atoms with van der Waals surface area (Å²) in [5.41, 5.74) is 2.06. The summed E-state index contributed by atoms with van der Waals surface area (Å²) in [7, 11) is 0. The Bertz CT molecular complexity index is 711. The van der Waals surface area contributed by atoms with E-state index in [9.17, 15) is 0 Å². The molecule has 0 unspecified atom stereocenters. The van der Waals surface area contributed by atoms with E-state index in [4.69, 9.17) is 4.42 Å². The number of thioether (sulfide) groups is 1. The number of benzene rings is 1. The van der Waals surface area contributed by atoms with Crippen molar-refractivity contribution in [2.45, 2.75) is 5.22 Å². The van der Waals surface area contributed by atoms with Gasteiger partial charge in [0.25, 0.3) is 5.22 Å². The second-order valence-corrected chi connectivity index (χ2v) is 5.20. The van der Waals surface area contributed by atoms with Gasteiger partial charge >= 0.3 is 0 Å². The van der Waals surface area contributed by atoms with E-state index < -0.39 is 0 Å². The first-order chi connectivity index (χ1) is 10.4. The summed E-state index contributed by atoms with van der Waals surface area (Å²) < 4.78 is 5.60. The van der Waals surface area contributed by atoms with Crippen LogP contribution in [0.2, 0.25) is 0 Å². The molecule has 0 aliphatic heterocycles. The van der Waals surface area contributed by atoms with Gasteiger partial charge in [0.2, 0.25) is 5.89 Å². The maximum Gasteiger partial charge on any atom is 0.277 e. The Morgan fingerprint density at radius 2 is 1.81 bits per heavy atom. The predicted octanol–water partition coefficient (Wildman–Crippen LogP) is 3.94. The Labute approximate surface area is 126 Å². The molecule has 5 heteroatoms. The normalized spacial score (nSPS) is 11.0. The van der Waals surface area contributed by atoms with E-state index >= 15 is 0 Å². The molecule has 0 saturated heterocycles. The molecule has 0 aliphatic carbocycles. The zero-order valence-corrected chi connectivity index (χ0v) is 12.0. The van der Waals surface area contributed by atoms with Crippen molar-refractivity contribution in [3.8, 4) is 11.5 Å². The maximum atomic E-state index is 5.60. The maximum absolute atomic E-state index is 5.60. The monoisotopic (exact) mass is 295 g/mol. The van der Waals surface area contributed by atoms with Crippen molar-refractivity contribution in [1.82, 2.24) is 15.2 Å². The first-order valence-corrected chi connectivity index (χ1v) is 7.49. The van der Waals surface area contributed by atoms with E-state index in [-0.39, 0.29) is 0 Å². The second-order valence-electron chi connectivity index (χ2n) is 4.23. The largest absolute Gasteiger partial charge is 0.411 e. The molecule has 2 heterocycles. The van der Waals surface area contributed by atoms with E-state index in [1.165, 1.54) is 17.3 Å². The van der Waals surface area contributed by atoms with Crippen molar-refractivity contribution in [3.63, 3.8) is 0 Å². The van der Waals surface area contributed by atoms with Crippen molar-refractivity contribution in [2.75, 3.05) is 5.75 Å². The fourth-order valence-electron chi connectivity index (χ4n) is 1.75.